The normalized spacial score (nSPS) is 13.4. The van der Waals surface area contributed by atoms with E-state index in [2.05, 4.69) is 10.3 Å². The topological polar surface area (TPSA) is 74.1 Å². The predicted molar refractivity (Wildman–Crippen MR) is 64.2 cm³/mol. The predicted octanol–water partition coefficient (Wildman–Crippen LogP) is 1.07. The Balaban J connectivity index is 2.05. The zero-order chi connectivity index (χ0) is 13.0. The van der Waals surface area contributed by atoms with Crippen LogP contribution >= 0.6 is 0 Å². The first-order chi connectivity index (χ1) is 8.58. The van der Waals surface area contributed by atoms with Gasteiger partial charge in [0.2, 0.25) is 0 Å². The van der Waals surface area contributed by atoms with Crippen LogP contribution in [0.15, 0.2) is 47.6 Å². The highest BCUT2D eigenvalue weighted by atomic mass is 32.2. The van der Waals surface area contributed by atoms with E-state index in [4.69, 9.17) is 4.18 Å². The quantitative estimate of drug-likeness (QED) is 0.758. The minimum absolute atomic E-state index is 0.149. The SMILES string of the molecule is CC(Cn1ccnn1)OS(=O)(=O)c1ccccc1. The molecule has 0 saturated heterocycles. The molecule has 0 aliphatic carbocycles. The lowest BCUT2D eigenvalue weighted by atomic mass is 10.4. The molecule has 0 aliphatic rings. The smallest absolute Gasteiger partial charge is 0.261 e. The van der Waals surface area contributed by atoms with Crippen LogP contribution in [0.4, 0.5) is 0 Å². The van der Waals surface area contributed by atoms with Gasteiger partial charge in [-0.3, -0.25) is 4.18 Å². The Labute approximate surface area is 105 Å². The van der Waals surface area contributed by atoms with Gasteiger partial charge in [-0.25, -0.2) is 4.68 Å². The second-order valence-electron chi connectivity index (χ2n) is 3.80. The summed E-state index contributed by atoms with van der Waals surface area (Å²) in [6.07, 6.45) is 2.66. The third kappa shape index (κ3) is 3.14. The second kappa shape index (κ2) is 5.28. The Morgan fingerprint density at radius 2 is 2.06 bits per heavy atom. The molecule has 1 unspecified atom stereocenters. The summed E-state index contributed by atoms with van der Waals surface area (Å²) in [5.41, 5.74) is 0. The second-order valence-corrected chi connectivity index (χ2v) is 5.37. The Kier molecular flexibility index (Phi) is 3.73. The molecule has 0 amide bonds. The lowest BCUT2D eigenvalue weighted by Crippen LogP contribution is -2.21. The maximum atomic E-state index is 11.9. The Hall–Kier alpha value is -1.73. The molecule has 1 heterocycles. The third-order valence-corrected chi connectivity index (χ3v) is 3.67. The van der Waals surface area contributed by atoms with Gasteiger partial charge in [0.15, 0.2) is 0 Å². The molecular formula is C11H13N3O3S. The fraction of sp³-hybridized carbons (Fsp3) is 0.273. The van der Waals surface area contributed by atoms with Crippen LogP contribution in [0.5, 0.6) is 0 Å². The molecule has 96 valence electrons. The van der Waals surface area contributed by atoms with Crippen LogP contribution in [-0.4, -0.2) is 29.5 Å². The minimum Gasteiger partial charge on any atom is -0.261 e. The van der Waals surface area contributed by atoms with Gasteiger partial charge in [-0.1, -0.05) is 23.4 Å². The summed E-state index contributed by atoms with van der Waals surface area (Å²) in [5, 5.41) is 7.39. The Morgan fingerprint density at radius 1 is 1.33 bits per heavy atom. The van der Waals surface area contributed by atoms with E-state index in [0.717, 1.165) is 0 Å². The van der Waals surface area contributed by atoms with Crippen LogP contribution < -0.4 is 0 Å². The Morgan fingerprint density at radius 3 is 2.67 bits per heavy atom. The van der Waals surface area contributed by atoms with E-state index < -0.39 is 16.2 Å². The number of hydrogen-bond acceptors (Lipinski definition) is 5. The monoisotopic (exact) mass is 267 g/mol. The van der Waals surface area contributed by atoms with Crippen molar-refractivity contribution in [2.45, 2.75) is 24.5 Å². The first-order valence-electron chi connectivity index (χ1n) is 5.40. The van der Waals surface area contributed by atoms with Crippen LogP contribution in [0.25, 0.3) is 0 Å². The number of nitrogens with zero attached hydrogens (tertiary/aromatic N) is 3. The van der Waals surface area contributed by atoms with Crippen LogP contribution in [0.2, 0.25) is 0 Å². The largest absolute Gasteiger partial charge is 0.297 e. The van der Waals surface area contributed by atoms with Crippen molar-refractivity contribution in [3.05, 3.63) is 42.7 Å². The summed E-state index contributed by atoms with van der Waals surface area (Å²) < 4.78 is 30.4. The molecule has 0 saturated carbocycles. The molecular weight excluding hydrogens is 254 g/mol. The average Bonchev–Trinajstić information content (AvgIpc) is 2.82. The van der Waals surface area contributed by atoms with E-state index in [1.165, 1.54) is 23.0 Å². The van der Waals surface area contributed by atoms with Crippen LogP contribution in [0.1, 0.15) is 6.92 Å². The molecule has 2 aromatic rings. The van der Waals surface area contributed by atoms with Crippen molar-refractivity contribution in [2.75, 3.05) is 0 Å². The first-order valence-corrected chi connectivity index (χ1v) is 6.81. The fourth-order valence-corrected chi connectivity index (χ4v) is 2.58. The number of rotatable bonds is 5. The van der Waals surface area contributed by atoms with Gasteiger partial charge in [-0.2, -0.15) is 8.42 Å². The number of aromatic nitrogens is 3. The highest BCUT2D eigenvalue weighted by Crippen LogP contribution is 2.13. The van der Waals surface area contributed by atoms with Gasteiger partial charge in [0.25, 0.3) is 10.1 Å². The highest BCUT2D eigenvalue weighted by molar-refractivity contribution is 7.86. The lowest BCUT2D eigenvalue weighted by Gasteiger charge is -2.12. The first kappa shape index (κ1) is 12.7. The summed E-state index contributed by atoms with van der Waals surface area (Å²) in [4.78, 5) is 0.149. The van der Waals surface area contributed by atoms with E-state index in [9.17, 15) is 8.42 Å². The summed E-state index contributed by atoms with van der Waals surface area (Å²) in [7, 11) is -3.72. The van der Waals surface area contributed by atoms with Crippen LogP contribution in [0.3, 0.4) is 0 Å². The summed E-state index contributed by atoms with van der Waals surface area (Å²) in [5.74, 6) is 0. The van der Waals surface area contributed by atoms with E-state index in [0.29, 0.717) is 6.54 Å². The molecule has 2 rings (SSSR count). The van der Waals surface area contributed by atoms with Gasteiger partial charge in [-0.15, -0.1) is 5.10 Å². The zero-order valence-electron chi connectivity index (χ0n) is 9.80. The van der Waals surface area contributed by atoms with Crippen molar-refractivity contribution >= 4 is 10.1 Å². The molecule has 0 N–H and O–H groups in total. The fourth-order valence-electron chi connectivity index (χ4n) is 1.48. The van der Waals surface area contributed by atoms with E-state index >= 15 is 0 Å². The standard InChI is InChI=1S/C11H13N3O3S/c1-10(9-14-8-7-12-13-14)17-18(15,16)11-5-3-2-4-6-11/h2-8,10H,9H2,1H3. The summed E-state index contributed by atoms with van der Waals surface area (Å²) in [6.45, 7) is 1.99. The molecule has 0 bridgehead atoms. The minimum atomic E-state index is -3.72. The van der Waals surface area contributed by atoms with E-state index in [-0.39, 0.29) is 4.90 Å². The highest BCUT2D eigenvalue weighted by Gasteiger charge is 2.18. The van der Waals surface area contributed by atoms with Crippen molar-refractivity contribution in [3.63, 3.8) is 0 Å². The molecule has 0 aliphatic heterocycles. The molecule has 0 fully saturated rings. The van der Waals surface area contributed by atoms with Crippen molar-refractivity contribution in [1.29, 1.82) is 0 Å². The van der Waals surface area contributed by atoms with E-state index in [1.807, 2.05) is 0 Å². The zero-order valence-corrected chi connectivity index (χ0v) is 10.6. The molecule has 7 heteroatoms. The summed E-state index contributed by atoms with van der Waals surface area (Å²) >= 11 is 0. The van der Waals surface area contributed by atoms with Crippen LogP contribution in [0, 0.1) is 0 Å². The molecule has 1 aromatic heterocycles. The van der Waals surface area contributed by atoms with Gasteiger partial charge < -0.3 is 0 Å². The van der Waals surface area contributed by atoms with Crippen molar-refractivity contribution in [1.82, 2.24) is 15.0 Å². The molecule has 1 atom stereocenters. The molecule has 0 radical (unpaired) electrons. The molecule has 0 spiro atoms. The number of benzene rings is 1. The van der Waals surface area contributed by atoms with Crippen molar-refractivity contribution in [2.24, 2.45) is 0 Å². The Bertz CT molecular complexity index is 581. The summed E-state index contributed by atoms with van der Waals surface area (Å²) in [6, 6.07) is 8.05. The third-order valence-electron chi connectivity index (χ3n) is 2.24. The maximum Gasteiger partial charge on any atom is 0.297 e. The van der Waals surface area contributed by atoms with Gasteiger partial charge >= 0.3 is 0 Å². The maximum absolute atomic E-state index is 11.9. The molecule has 1 aromatic carbocycles. The van der Waals surface area contributed by atoms with Gasteiger partial charge in [-0.05, 0) is 19.1 Å². The lowest BCUT2D eigenvalue weighted by molar-refractivity contribution is 0.200. The van der Waals surface area contributed by atoms with Crippen LogP contribution in [-0.2, 0) is 20.8 Å². The average molecular weight is 267 g/mol. The van der Waals surface area contributed by atoms with Gasteiger partial charge in [0.1, 0.15) is 0 Å². The van der Waals surface area contributed by atoms with Crippen molar-refractivity contribution in [3.8, 4) is 0 Å². The molecule has 6 nitrogen and oxygen atoms in total. The van der Waals surface area contributed by atoms with Gasteiger partial charge in [0, 0.05) is 6.20 Å². The van der Waals surface area contributed by atoms with E-state index in [1.54, 1.807) is 31.3 Å². The number of hydrogen-bond donors (Lipinski definition) is 0. The van der Waals surface area contributed by atoms with Crippen molar-refractivity contribution < 1.29 is 12.6 Å². The van der Waals surface area contributed by atoms with Gasteiger partial charge in [0.05, 0.1) is 23.7 Å². The molecule has 18 heavy (non-hydrogen) atoms.